The summed E-state index contributed by atoms with van der Waals surface area (Å²) in [5.74, 6) is 0. The third-order valence-electron chi connectivity index (χ3n) is 7.09. The van der Waals surface area contributed by atoms with Gasteiger partial charge in [0, 0.05) is 60.6 Å². The highest BCUT2D eigenvalue weighted by atomic mass is 35.5. The van der Waals surface area contributed by atoms with Crippen LogP contribution in [0.5, 0.6) is 0 Å². The van der Waals surface area contributed by atoms with Crippen molar-refractivity contribution in [2.24, 2.45) is 0 Å². The average molecular weight is 524 g/mol. The van der Waals surface area contributed by atoms with E-state index in [9.17, 15) is 0 Å². The van der Waals surface area contributed by atoms with Crippen LogP contribution in [0.25, 0.3) is 22.5 Å². The van der Waals surface area contributed by atoms with Crippen LogP contribution in [0.1, 0.15) is 37.8 Å². The van der Waals surface area contributed by atoms with Gasteiger partial charge in [0.05, 0.1) is 21.9 Å². The molecular weight excluding hydrogens is 495 g/mol. The van der Waals surface area contributed by atoms with Crippen LogP contribution in [-0.2, 0) is 0 Å². The van der Waals surface area contributed by atoms with Gasteiger partial charge in [-0.15, -0.1) is 11.8 Å². The SMILES string of the molecule is [Cl-].[Cl-].c1ccc(-c2cc[n+]([C@@H]3CC[C@H]4S[C@@H]3CC[C@H]4[n+]3ccc(-c4ccccn4)cc3)cc2)nc1. The fourth-order valence-corrected chi connectivity index (χ4v) is 7.29. The topological polar surface area (TPSA) is 33.5 Å². The maximum Gasteiger partial charge on any atom is 0.170 e. The Morgan fingerprint density at radius 1 is 0.571 bits per heavy atom. The van der Waals surface area contributed by atoms with Crippen LogP contribution in [0.3, 0.4) is 0 Å². The first kappa shape index (κ1) is 25.6. The van der Waals surface area contributed by atoms with E-state index in [1.165, 1.54) is 36.8 Å². The van der Waals surface area contributed by atoms with Crippen molar-refractivity contribution in [1.29, 1.82) is 0 Å². The molecule has 2 saturated heterocycles. The molecule has 2 bridgehead atoms. The molecule has 2 fully saturated rings. The van der Waals surface area contributed by atoms with Crippen molar-refractivity contribution in [3.8, 4) is 22.5 Å². The number of fused-ring (bicyclic) bond motifs is 2. The molecule has 0 aromatic carbocycles. The van der Waals surface area contributed by atoms with E-state index < -0.39 is 0 Å². The van der Waals surface area contributed by atoms with Gasteiger partial charge in [0.25, 0.3) is 0 Å². The summed E-state index contributed by atoms with van der Waals surface area (Å²) in [4.78, 5) is 8.96. The summed E-state index contributed by atoms with van der Waals surface area (Å²) in [6, 6.07) is 22.2. The molecule has 7 heteroatoms. The molecule has 0 radical (unpaired) electrons. The Morgan fingerprint density at radius 3 is 1.37 bits per heavy atom. The monoisotopic (exact) mass is 522 g/mol. The van der Waals surface area contributed by atoms with Gasteiger partial charge in [-0.1, -0.05) is 12.1 Å². The third-order valence-corrected chi connectivity index (χ3v) is 8.89. The number of aromatic nitrogens is 4. The molecule has 0 spiro atoms. The van der Waals surface area contributed by atoms with Gasteiger partial charge < -0.3 is 24.8 Å². The zero-order valence-corrected chi connectivity index (χ0v) is 21.7. The molecule has 0 aliphatic carbocycles. The predicted octanol–water partition coefficient (Wildman–Crippen LogP) is -0.766. The van der Waals surface area contributed by atoms with Gasteiger partial charge in [-0.2, -0.15) is 0 Å². The molecule has 4 nitrogen and oxygen atoms in total. The van der Waals surface area contributed by atoms with E-state index in [2.05, 4.69) is 92.0 Å². The second-order valence-electron chi connectivity index (χ2n) is 9.00. The van der Waals surface area contributed by atoms with Crippen LogP contribution in [0.2, 0.25) is 0 Å². The second-order valence-corrected chi connectivity index (χ2v) is 10.5. The lowest BCUT2D eigenvalue weighted by Crippen LogP contribution is -3.00. The van der Waals surface area contributed by atoms with Crippen LogP contribution < -0.4 is 33.9 Å². The molecule has 0 amide bonds. The Balaban J connectivity index is 0.00000144. The number of pyridine rings is 4. The van der Waals surface area contributed by atoms with Gasteiger partial charge in [-0.05, 0) is 37.1 Å². The minimum absolute atomic E-state index is 0. The fourth-order valence-electron chi connectivity index (χ4n) is 5.38. The highest BCUT2D eigenvalue weighted by Gasteiger charge is 2.46. The summed E-state index contributed by atoms with van der Waals surface area (Å²) in [5, 5.41) is 1.39. The highest BCUT2D eigenvalue weighted by Crippen LogP contribution is 2.47. The van der Waals surface area contributed by atoms with E-state index in [0.29, 0.717) is 22.6 Å². The zero-order chi connectivity index (χ0) is 22.0. The summed E-state index contributed by atoms with van der Waals surface area (Å²) in [5.41, 5.74) is 4.44. The first-order valence-electron chi connectivity index (χ1n) is 11.8. The summed E-state index contributed by atoms with van der Waals surface area (Å²) in [7, 11) is 0. The highest BCUT2D eigenvalue weighted by molar-refractivity contribution is 8.00. The van der Waals surface area contributed by atoms with E-state index in [1.54, 1.807) is 0 Å². The number of hydrogen-bond donors (Lipinski definition) is 0. The van der Waals surface area contributed by atoms with Crippen molar-refractivity contribution in [2.45, 2.75) is 48.3 Å². The molecule has 4 aromatic rings. The smallest absolute Gasteiger partial charge is 0.170 e. The molecular formula is C28H28Cl2N4S. The number of thioether (sulfide) groups is 1. The second kappa shape index (κ2) is 11.5. The molecule has 0 saturated carbocycles. The van der Waals surface area contributed by atoms with E-state index in [1.807, 2.05) is 36.7 Å². The minimum Gasteiger partial charge on any atom is -1.00 e. The van der Waals surface area contributed by atoms with Crippen LogP contribution in [-0.4, -0.2) is 20.5 Å². The molecule has 2 aliphatic rings. The van der Waals surface area contributed by atoms with Gasteiger partial charge in [-0.3, -0.25) is 9.97 Å². The predicted molar refractivity (Wildman–Crippen MR) is 131 cm³/mol. The molecule has 0 unspecified atom stereocenters. The van der Waals surface area contributed by atoms with Crippen molar-refractivity contribution in [3.05, 3.63) is 97.8 Å². The van der Waals surface area contributed by atoms with Crippen molar-refractivity contribution < 1.29 is 33.9 Å². The minimum atomic E-state index is 0. The van der Waals surface area contributed by atoms with E-state index in [-0.39, 0.29) is 24.8 Å². The average Bonchev–Trinajstić information content (AvgIpc) is 2.90. The molecule has 0 N–H and O–H groups in total. The molecule has 4 aromatic heterocycles. The quantitative estimate of drug-likeness (QED) is 0.330. The van der Waals surface area contributed by atoms with Gasteiger partial charge in [0.15, 0.2) is 36.9 Å². The van der Waals surface area contributed by atoms with Crippen LogP contribution in [0.15, 0.2) is 97.8 Å². The maximum atomic E-state index is 4.48. The Kier molecular flexibility index (Phi) is 8.42. The van der Waals surface area contributed by atoms with E-state index >= 15 is 0 Å². The number of halogens is 2. The summed E-state index contributed by atoms with van der Waals surface area (Å²) in [6.45, 7) is 0. The molecule has 6 rings (SSSR count). The van der Waals surface area contributed by atoms with Crippen LogP contribution in [0.4, 0.5) is 0 Å². The lowest BCUT2D eigenvalue weighted by atomic mass is 9.91. The Bertz CT molecular complexity index is 1110. The first-order chi connectivity index (χ1) is 16.3. The van der Waals surface area contributed by atoms with Crippen molar-refractivity contribution in [1.82, 2.24) is 9.97 Å². The van der Waals surface area contributed by atoms with Crippen molar-refractivity contribution >= 4 is 11.8 Å². The lowest BCUT2D eigenvalue weighted by Gasteiger charge is -2.38. The van der Waals surface area contributed by atoms with Gasteiger partial charge in [0.2, 0.25) is 0 Å². The molecule has 35 heavy (non-hydrogen) atoms. The zero-order valence-electron chi connectivity index (χ0n) is 19.3. The van der Waals surface area contributed by atoms with E-state index in [0.717, 1.165) is 11.4 Å². The van der Waals surface area contributed by atoms with Crippen LogP contribution >= 0.6 is 11.8 Å². The maximum absolute atomic E-state index is 4.48. The fraction of sp³-hybridized carbons (Fsp3) is 0.286. The Labute approximate surface area is 223 Å². The normalized spacial score (nSPS) is 23.0. The largest absolute Gasteiger partial charge is 1.00 e. The summed E-state index contributed by atoms with van der Waals surface area (Å²) < 4.78 is 4.88. The summed E-state index contributed by atoms with van der Waals surface area (Å²) >= 11 is 2.21. The van der Waals surface area contributed by atoms with Crippen molar-refractivity contribution in [2.75, 3.05) is 0 Å². The number of nitrogens with zero attached hydrogens (tertiary/aromatic N) is 4. The molecule has 4 atom stereocenters. The van der Waals surface area contributed by atoms with Crippen molar-refractivity contribution in [3.63, 3.8) is 0 Å². The standard InChI is InChI=1S/C28H28N4S.2ClH/c1-3-15-29-23(5-1)21-11-17-31(18-12-21)25-7-9-28-26(8-10-27(25)33-28)32-19-13-22(14-20-32)24-6-2-4-16-30-24;;/h1-6,11-20,25-28H,7-10H2;2*1H/q+2;;/p-2/t25-,26-,27-,28-;;/m1../s1. The number of hydrogen-bond acceptors (Lipinski definition) is 3. The van der Waals surface area contributed by atoms with Crippen LogP contribution in [0, 0.1) is 0 Å². The molecule has 180 valence electrons. The van der Waals surface area contributed by atoms with Gasteiger partial charge in [-0.25, -0.2) is 9.13 Å². The lowest BCUT2D eigenvalue weighted by molar-refractivity contribution is -0.733. The molecule has 2 aliphatic heterocycles. The molecule has 6 heterocycles. The Hall–Kier alpha value is -2.47. The van der Waals surface area contributed by atoms with Gasteiger partial charge >= 0.3 is 0 Å². The summed E-state index contributed by atoms with van der Waals surface area (Å²) in [6.07, 6.45) is 17.8. The van der Waals surface area contributed by atoms with E-state index in [4.69, 9.17) is 0 Å². The third kappa shape index (κ3) is 5.37. The number of rotatable bonds is 4. The van der Waals surface area contributed by atoms with Gasteiger partial charge in [0.1, 0.15) is 0 Å². The Morgan fingerprint density at radius 2 is 1.00 bits per heavy atom. The first-order valence-corrected chi connectivity index (χ1v) is 12.8.